The molecule has 7 heteroatoms. The number of anilines is 1. The highest BCUT2D eigenvalue weighted by Gasteiger charge is 2.18. The van der Waals surface area contributed by atoms with Gasteiger partial charge in [-0.05, 0) is 37.3 Å². The van der Waals surface area contributed by atoms with Gasteiger partial charge in [0.15, 0.2) is 17.6 Å². The van der Waals surface area contributed by atoms with Crippen LogP contribution < -0.4 is 24.3 Å². The van der Waals surface area contributed by atoms with Crippen LogP contribution in [0.2, 0.25) is 5.02 Å². The van der Waals surface area contributed by atoms with Gasteiger partial charge in [-0.3, -0.25) is 4.79 Å². The van der Waals surface area contributed by atoms with E-state index >= 15 is 0 Å². The van der Waals surface area contributed by atoms with Gasteiger partial charge >= 0.3 is 0 Å². The summed E-state index contributed by atoms with van der Waals surface area (Å²) in [5.74, 6) is 2.03. The lowest BCUT2D eigenvalue weighted by molar-refractivity contribution is -0.122. The molecule has 0 spiro atoms. The number of methoxy groups -OCH3 is 1. The third-order valence-corrected chi connectivity index (χ3v) is 3.74. The van der Waals surface area contributed by atoms with Crippen molar-refractivity contribution in [1.82, 2.24) is 0 Å². The fourth-order valence-corrected chi connectivity index (χ4v) is 2.45. The van der Waals surface area contributed by atoms with Gasteiger partial charge in [-0.25, -0.2) is 0 Å². The Labute approximate surface area is 144 Å². The number of carbonyl (C=O) groups excluding carboxylic acids is 1. The number of rotatable bonds is 5. The molecule has 1 amide bonds. The van der Waals surface area contributed by atoms with Gasteiger partial charge in [-0.1, -0.05) is 11.6 Å². The fraction of sp³-hybridized carbons (Fsp3) is 0.235. The van der Waals surface area contributed by atoms with Crippen molar-refractivity contribution in [3.8, 4) is 23.0 Å². The van der Waals surface area contributed by atoms with E-state index in [0.717, 1.165) is 0 Å². The molecule has 0 saturated carbocycles. The Morgan fingerprint density at radius 3 is 2.75 bits per heavy atom. The molecule has 1 N–H and O–H groups in total. The minimum atomic E-state index is -0.703. The van der Waals surface area contributed by atoms with Gasteiger partial charge in [0, 0.05) is 11.8 Å². The Balaban J connectivity index is 1.63. The molecule has 126 valence electrons. The van der Waals surface area contributed by atoms with E-state index in [2.05, 4.69) is 5.32 Å². The van der Waals surface area contributed by atoms with E-state index in [0.29, 0.717) is 33.7 Å². The van der Waals surface area contributed by atoms with Gasteiger partial charge in [0.1, 0.15) is 11.5 Å². The third-order valence-electron chi connectivity index (χ3n) is 3.45. The largest absolute Gasteiger partial charge is 0.495 e. The molecule has 2 aromatic rings. The van der Waals surface area contributed by atoms with Crippen LogP contribution in [0.1, 0.15) is 6.92 Å². The molecule has 1 atom stereocenters. The molecule has 24 heavy (non-hydrogen) atoms. The molecule has 2 aromatic carbocycles. The monoisotopic (exact) mass is 349 g/mol. The standard InChI is InChI=1S/C17H16ClNO5/c1-10(24-12-4-6-15-16(8-12)23-9-22-15)17(20)19-11-3-5-14(21-2)13(18)7-11/h3-8,10H,9H2,1-2H3,(H,19,20)/t10-/m0/s1. The van der Waals surface area contributed by atoms with E-state index in [9.17, 15) is 4.79 Å². The van der Waals surface area contributed by atoms with Crippen molar-refractivity contribution >= 4 is 23.2 Å². The number of ether oxygens (including phenoxy) is 4. The predicted molar refractivity (Wildman–Crippen MR) is 89.3 cm³/mol. The molecule has 0 aromatic heterocycles. The Bertz CT molecular complexity index is 765. The summed E-state index contributed by atoms with van der Waals surface area (Å²) >= 11 is 6.04. The molecule has 1 aliphatic heterocycles. The molecule has 3 rings (SSSR count). The summed E-state index contributed by atoms with van der Waals surface area (Å²) in [6.45, 7) is 1.85. The Kier molecular flexibility index (Phi) is 4.66. The lowest BCUT2D eigenvalue weighted by atomic mass is 10.2. The minimum absolute atomic E-state index is 0.188. The van der Waals surface area contributed by atoms with E-state index in [1.165, 1.54) is 7.11 Å². The lowest BCUT2D eigenvalue weighted by Crippen LogP contribution is -2.30. The first-order valence-corrected chi connectivity index (χ1v) is 7.65. The number of halogens is 1. The van der Waals surface area contributed by atoms with E-state index in [-0.39, 0.29) is 12.7 Å². The zero-order valence-electron chi connectivity index (χ0n) is 13.2. The highest BCUT2D eigenvalue weighted by molar-refractivity contribution is 6.32. The molecule has 0 aliphatic carbocycles. The van der Waals surface area contributed by atoms with Crippen molar-refractivity contribution in [3.63, 3.8) is 0 Å². The third kappa shape index (κ3) is 3.49. The van der Waals surface area contributed by atoms with E-state index in [1.807, 2.05) is 0 Å². The number of hydrogen-bond donors (Lipinski definition) is 1. The Morgan fingerprint density at radius 1 is 1.21 bits per heavy atom. The molecule has 0 unspecified atom stereocenters. The minimum Gasteiger partial charge on any atom is -0.495 e. The van der Waals surface area contributed by atoms with Gasteiger partial charge in [-0.2, -0.15) is 0 Å². The summed E-state index contributed by atoms with van der Waals surface area (Å²) in [6, 6.07) is 10.2. The highest BCUT2D eigenvalue weighted by atomic mass is 35.5. The number of fused-ring (bicyclic) bond motifs is 1. The second kappa shape index (κ2) is 6.88. The van der Waals surface area contributed by atoms with Crippen molar-refractivity contribution in [2.75, 3.05) is 19.2 Å². The quantitative estimate of drug-likeness (QED) is 0.895. The van der Waals surface area contributed by atoms with E-state index < -0.39 is 6.10 Å². The summed E-state index contributed by atoms with van der Waals surface area (Å²) in [4.78, 5) is 12.2. The van der Waals surface area contributed by atoms with Crippen molar-refractivity contribution < 1.29 is 23.7 Å². The summed E-state index contributed by atoms with van der Waals surface area (Å²) in [5.41, 5.74) is 0.562. The van der Waals surface area contributed by atoms with Gasteiger partial charge in [0.05, 0.1) is 12.1 Å². The molecule has 0 fully saturated rings. The average Bonchev–Trinajstić information content (AvgIpc) is 3.02. The van der Waals surface area contributed by atoms with Crippen LogP contribution in [0.3, 0.4) is 0 Å². The predicted octanol–water partition coefficient (Wildman–Crippen LogP) is 3.48. The molecule has 0 radical (unpaired) electrons. The van der Waals surface area contributed by atoms with Gasteiger partial charge in [0.2, 0.25) is 6.79 Å². The summed E-state index contributed by atoms with van der Waals surface area (Å²) in [6.07, 6.45) is -0.703. The second-order valence-corrected chi connectivity index (χ2v) is 5.52. The fourth-order valence-electron chi connectivity index (χ4n) is 2.20. The number of amides is 1. The number of carbonyl (C=O) groups is 1. The zero-order valence-corrected chi connectivity index (χ0v) is 13.9. The van der Waals surface area contributed by atoms with Crippen LogP contribution in [0.5, 0.6) is 23.0 Å². The number of benzene rings is 2. The summed E-state index contributed by atoms with van der Waals surface area (Å²) < 4.78 is 21.2. The number of hydrogen-bond acceptors (Lipinski definition) is 5. The summed E-state index contributed by atoms with van der Waals surface area (Å²) in [5, 5.41) is 3.16. The van der Waals surface area contributed by atoms with Crippen LogP contribution in [0.4, 0.5) is 5.69 Å². The van der Waals surface area contributed by atoms with Crippen LogP contribution >= 0.6 is 11.6 Å². The second-order valence-electron chi connectivity index (χ2n) is 5.11. The normalized spacial score (nSPS) is 13.3. The van der Waals surface area contributed by atoms with Crippen LogP contribution in [-0.2, 0) is 4.79 Å². The van der Waals surface area contributed by atoms with Crippen molar-refractivity contribution in [2.24, 2.45) is 0 Å². The maximum Gasteiger partial charge on any atom is 0.265 e. The smallest absolute Gasteiger partial charge is 0.265 e. The SMILES string of the molecule is COc1ccc(NC(=O)[C@H](C)Oc2ccc3c(c2)OCO3)cc1Cl. The van der Waals surface area contributed by atoms with Crippen molar-refractivity contribution in [2.45, 2.75) is 13.0 Å². The van der Waals surface area contributed by atoms with Gasteiger partial charge in [-0.15, -0.1) is 0 Å². The number of nitrogens with one attached hydrogen (secondary N) is 1. The van der Waals surface area contributed by atoms with Gasteiger partial charge < -0.3 is 24.3 Å². The first-order valence-electron chi connectivity index (χ1n) is 7.27. The molecule has 1 aliphatic rings. The molecular weight excluding hydrogens is 334 g/mol. The van der Waals surface area contributed by atoms with Gasteiger partial charge in [0.25, 0.3) is 5.91 Å². The van der Waals surface area contributed by atoms with Crippen LogP contribution in [0.15, 0.2) is 36.4 Å². The molecule has 0 saturated heterocycles. The molecule has 6 nitrogen and oxygen atoms in total. The molecule has 1 heterocycles. The Hall–Kier alpha value is -2.60. The molecular formula is C17H16ClNO5. The highest BCUT2D eigenvalue weighted by Crippen LogP contribution is 2.35. The van der Waals surface area contributed by atoms with E-state index in [4.69, 9.17) is 30.5 Å². The van der Waals surface area contributed by atoms with E-state index in [1.54, 1.807) is 43.3 Å². The first kappa shape index (κ1) is 16.3. The van der Waals surface area contributed by atoms with Crippen molar-refractivity contribution in [1.29, 1.82) is 0 Å². The van der Waals surface area contributed by atoms with Crippen LogP contribution in [-0.4, -0.2) is 25.9 Å². The topological polar surface area (TPSA) is 66.0 Å². The lowest BCUT2D eigenvalue weighted by Gasteiger charge is -2.15. The maximum atomic E-state index is 12.2. The summed E-state index contributed by atoms with van der Waals surface area (Å²) in [7, 11) is 1.53. The zero-order chi connectivity index (χ0) is 17.1. The maximum absolute atomic E-state index is 12.2. The van der Waals surface area contributed by atoms with Crippen LogP contribution in [0, 0.1) is 0 Å². The Morgan fingerprint density at radius 2 is 2.00 bits per heavy atom. The molecule has 0 bridgehead atoms. The van der Waals surface area contributed by atoms with Crippen molar-refractivity contribution in [3.05, 3.63) is 41.4 Å². The average molecular weight is 350 g/mol. The first-order chi connectivity index (χ1) is 11.6. The van der Waals surface area contributed by atoms with Crippen LogP contribution in [0.25, 0.3) is 0 Å².